The summed E-state index contributed by atoms with van der Waals surface area (Å²) in [5.41, 5.74) is 0.815. The van der Waals surface area contributed by atoms with Crippen molar-refractivity contribution in [1.29, 1.82) is 0 Å². The van der Waals surface area contributed by atoms with Gasteiger partial charge in [-0.2, -0.15) is 5.10 Å². The van der Waals surface area contributed by atoms with Gasteiger partial charge in [0.1, 0.15) is 17.2 Å². The second-order valence-electron chi connectivity index (χ2n) is 6.84. The van der Waals surface area contributed by atoms with Gasteiger partial charge < -0.3 is 14.2 Å². The fraction of sp³-hybridized carbons (Fsp3) is 0.261. The molecule has 2 aromatic carbocycles. The van der Waals surface area contributed by atoms with Gasteiger partial charge in [-0.15, -0.1) is 0 Å². The van der Waals surface area contributed by atoms with E-state index in [4.69, 9.17) is 14.2 Å². The molecule has 0 unspecified atom stereocenters. The van der Waals surface area contributed by atoms with Crippen molar-refractivity contribution in [2.45, 2.75) is 13.5 Å². The standard InChI is InChI=1S/C23H24N4O4S/c1-3-30-17-5-7-18(8-6-17)31-16-22(28)27(14-13-26-12-4-11-24-26)23-25-20-10-9-19(29-2)15-21(20)32-23/h4-12,15H,3,13-14,16H2,1-2H3. The molecule has 0 fully saturated rings. The smallest absolute Gasteiger partial charge is 0.266 e. The number of carbonyl (C=O) groups is 1. The zero-order valence-corrected chi connectivity index (χ0v) is 18.7. The fourth-order valence-electron chi connectivity index (χ4n) is 3.12. The Hall–Kier alpha value is -3.59. The number of thiazole rings is 1. The SMILES string of the molecule is CCOc1ccc(OCC(=O)N(CCn2cccn2)c2nc3ccc(OC)cc3s2)cc1. The first-order valence-electron chi connectivity index (χ1n) is 10.2. The molecule has 1 amide bonds. The summed E-state index contributed by atoms with van der Waals surface area (Å²) < 4.78 is 19.2. The highest BCUT2D eigenvalue weighted by molar-refractivity contribution is 7.22. The molecule has 2 heterocycles. The summed E-state index contributed by atoms with van der Waals surface area (Å²) >= 11 is 1.44. The van der Waals surface area contributed by atoms with Gasteiger partial charge in [-0.3, -0.25) is 14.4 Å². The van der Waals surface area contributed by atoms with Crippen LogP contribution in [0.15, 0.2) is 60.9 Å². The molecule has 166 valence electrons. The summed E-state index contributed by atoms with van der Waals surface area (Å²) in [4.78, 5) is 19.4. The van der Waals surface area contributed by atoms with Crippen molar-refractivity contribution in [2.75, 3.05) is 31.8 Å². The number of benzene rings is 2. The molecule has 0 N–H and O–H groups in total. The monoisotopic (exact) mass is 452 g/mol. The number of amides is 1. The van der Waals surface area contributed by atoms with Crippen LogP contribution in [0.4, 0.5) is 5.13 Å². The molecule has 4 aromatic rings. The fourth-order valence-corrected chi connectivity index (χ4v) is 4.16. The van der Waals surface area contributed by atoms with Gasteiger partial charge in [-0.25, -0.2) is 4.98 Å². The molecule has 2 aromatic heterocycles. The number of rotatable bonds is 10. The molecule has 0 radical (unpaired) electrons. The number of carbonyl (C=O) groups excluding carboxylic acids is 1. The number of hydrogen-bond donors (Lipinski definition) is 0. The quantitative estimate of drug-likeness (QED) is 0.362. The zero-order chi connectivity index (χ0) is 22.3. The number of ether oxygens (including phenoxy) is 3. The van der Waals surface area contributed by atoms with Gasteiger partial charge in [0.25, 0.3) is 5.91 Å². The maximum atomic E-state index is 13.1. The van der Waals surface area contributed by atoms with Gasteiger partial charge in [0.15, 0.2) is 11.7 Å². The van der Waals surface area contributed by atoms with E-state index in [0.29, 0.717) is 30.6 Å². The molecule has 0 aliphatic heterocycles. The van der Waals surface area contributed by atoms with E-state index in [-0.39, 0.29) is 12.5 Å². The van der Waals surface area contributed by atoms with E-state index in [0.717, 1.165) is 21.7 Å². The van der Waals surface area contributed by atoms with E-state index in [2.05, 4.69) is 10.1 Å². The number of aromatic nitrogens is 3. The minimum absolute atomic E-state index is 0.105. The topological polar surface area (TPSA) is 78.7 Å². The normalized spacial score (nSPS) is 10.8. The third-order valence-corrected chi connectivity index (χ3v) is 5.77. The predicted octanol–water partition coefficient (Wildman–Crippen LogP) is 4.01. The molecule has 0 saturated carbocycles. The van der Waals surface area contributed by atoms with Crippen molar-refractivity contribution in [2.24, 2.45) is 0 Å². The average Bonchev–Trinajstić information content (AvgIpc) is 3.48. The first-order valence-corrected chi connectivity index (χ1v) is 11.1. The van der Waals surface area contributed by atoms with Gasteiger partial charge in [0.05, 0.1) is 30.5 Å². The lowest BCUT2D eigenvalue weighted by Crippen LogP contribution is -2.37. The lowest BCUT2D eigenvalue weighted by atomic mass is 10.3. The molecule has 8 nitrogen and oxygen atoms in total. The molecule has 0 saturated heterocycles. The van der Waals surface area contributed by atoms with Crippen LogP contribution in [0.1, 0.15) is 6.92 Å². The molecule has 0 bridgehead atoms. The molecule has 4 rings (SSSR count). The van der Waals surface area contributed by atoms with Crippen molar-refractivity contribution in [3.8, 4) is 17.2 Å². The van der Waals surface area contributed by atoms with E-state index in [9.17, 15) is 4.79 Å². The number of anilines is 1. The Labute approximate surface area is 190 Å². The lowest BCUT2D eigenvalue weighted by molar-refractivity contribution is -0.120. The van der Waals surface area contributed by atoms with Crippen LogP contribution in [0.25, 0.3) is 10.2 Å². The number of nitrogens with zero attached hydrogens (tertiary/aromatic N) is 4. The summed E-state index contributed by atoms with van der Waals surface area (Å²) in [6.45, 7) is 3.38. The van der Waals surface area contributed by atoms with Crippen LogP contribution < -0.4 is 19.1 Å². The highest BCUT2D eigenvalue weighted by Crippen LogP contribution is 2.31. The van der Waals surface area contributed by atoms with Crippen molar-refractivity contribution >= 4 is 32.6 Å². The molecule has 0 aliphatic rings. The summed E-state index contributed by atoms with van der Waals surface area (Å²) in [5, 5.41) is 4.84. The summed E-state index contributed by atoms with van der Waals surface area (Å²) in [7, 11) is 1.63. The first kappa shape index (κ1) is 21.6. The summed E-state index contributed by atoms with van der Waals surface area (Å²) in [5.74, 6) is 1.93. The van der Waals surface area contributed by atoms with E-state index < -0.39 is 0 Å². The average molecular weight is 453 g/mol. The largest absolute Gasteiger partial charge is 0.497 e. The Morgan fingerprint density at radius 1 is 1.09 bits per heavy atom. The Bertz CT molecular complexity index is 1160. The molecule has 0 spiro atoms. The van der Waals surface area contributed by atoms with Gasteiger partial charge >= 0.3 is 0 Å². The van der Waals surface area contributed by atoms with Crippen molar-refractivity contribution in [3.05, 3.63) is 60.9 Å². The van der Waals surface area contributed by atoms with Crippen LogP contribution in [-0.4, -0.2) is 47.5 Å². The number of methoxy groups -OCH3 is 1. The van der Waals surface area contributed by atoms with Gasteiger partial charge in [0, 0.05) is 18.9 Å². The van der Waals surface area contributed by atoms with Crippen LogP contribution in [0.5, 0.6) is 17.2 Å². The van der Waals surface area contributed by atoms with Gasteiger partial charge in [-0.1, -0.05) is 11.3 Å². The molecular weight excluding hydrogens is 428 g/mol. The van der Waals surface area contributed by atoms with Crippen LogP contribution in [-0.2, 0) is 11.3 Å². The van der Waals surface area contributed by atoms with Crippen LogP contribution in [0, 0.1) is 0 Å². The Morgan fingerprint density at radius 2 is 1.84 bits per heavy atom. The second-order valence-corrected chi connectivity index (χ2v) is 7.85. The minimum Gasteiger partial charge on any atom is -0.497 e. The van der Waals surface area contributed by atoms with Crippen molar-refractivity contribution in [1.82, 2.24) is 14.8 Å². The van der Waals surface area contributed by atoms with Crippen LogP contribution in [0.2, 0.25) is 0 Å². The second kappa shape index (κ2) is 10.1. The molecule has 32 heavy (non-hydrogen) atoms. The molecule has 9 heteroatoms. The first-order chi connectivity index (χ1) is 15.7. The Balaban J connectivity index is 1.51. The van der Waals surface area contributed by atoms with E-state index >= 15 is 0 Å². The molecular formula is C23H24N4O4S. The van der Waals surface area contributed by atoms with E-state index in [1.807, 2.05) is 49.5 Å². The van der Waals surface area contributed by atoms with E-state index in [1.54, 1.807) is 35.0 Å². The summed E-state index contributed by atoms with van der Waals surface area (Å²) in [6, 6.07) is 14.7. The highest BCUT2D eigenvalue weighted by Gasteiger charge is 2.21. The minimum atomic E-state index is -0.183. The zero-order valence-electron chi connectivity index (χ0n) is 17.9. The predicted molar refractivity (Wildman–Crippen MR) is 124 cm³/mol. The molecule has 0 atom stereocenters. The van der Waals surface area contributed by atoms with Crippen LogP contribution >= 0.6 is 11.3 Å². The van der Waals surface area contributed by atoms with Crippen LogP contribution in [0.3, 0.4) is 0 Å². The third kappa shape index (κ3) is 5.17. The van der Waals surface area contributed by atoms with Gasteiger partial charge in [0.2, 0.25) is 0 Å². The molecule has 0 aliphatic carbocycles. The van der Waals surface area contributed by atoms with Crippen molar-refractivity contribution in [3.63, 3.8) is 0 Å². The number of fused-ring (bicyclic) bond motifs is 1. The number of hydrogen-bond acceptors (Lipinski definition) is 7. The maximum Gasteiger partial charge on any atom is 0.266 e. The maximum absolute atomic E-state index is 13.1. The van der Waals surface area contributed by atoms with Crippen molar-refractivity contribution < 1.29 is 19.0 Å². The highest BCUT2D eigenvalue weighted by atomic mass is 32.1. The Kier molecular flexibility index (Phi) is 6.86. The van der Waals surface area contributed by atoms with Gasteiger partial charge in [-0.05, 0) is 55.5 Å². The lowest BCUT2D eigenvalue weighted by Gasteiger charge is -2.20. The van der Waals surface area contributed by atoms with E-state index in [1.165, 1.54) is 11.3 Å². The Morgan fingerprint density at radius 3 is 2.53 bits per heavy atom. The summed E-state index contributed by atoms with van der Waals surface area (Å²) in [6.07, 6.45) is 3.58. The third-order valence-electron chi connectivity index (χ3n) is 4.73.